The Morgan fingerprint density at radius 2 is 1.53 bits per heavy atom. The number of nitrogens with zero attached hydrogens (tertiary/aromatic N) is 2. The summed E-state index contributed by atoms with van der Waals surface area (Å²) < 4.78 is 172. The van der Waals surface area contributed by atoms with Gasteiger partial charge in [0.15, 0.2) is 0 Å². The highest BCUT2D eigenvalue weighted by molar-refractivity contribution is 7.90. The molecule has 1 amide bonds. The van der Waals surface area contributed by atoms with Crippen molar-refractivity contribution in [3.8, 4) is 5.75 Å². The summed E-state index contributed by atoms with van der Waals surface area (Å²) in [5, 5.41) is 0. The Hall–Kier alpha value is -3.54. The van der Waals surface area contributed by atoms with E-state index in [0.717, 1.165) is 11.0 Å². The number of amides is 1. The van der Waals surface area contributed by atoms with Crippen molar-refractivity contribution in [1.29, 1.82) is 0 Å². The molecule has 0 N–H and O–H groups in total. The topological polar surface area (TPSA) is 76.2 Å². The van der Waals surface area contributed by atoms with Crippen LogP contribution in [0.5, 0.6) is 5.75 Å². The molecule has 0 radical (unpaired) electrons. The maximum Gasteiger partial charge on any atom is 0.511 e. The van der Waals surface area contributed by atoms with Gasteiger partial charge in [-0.15, -0.1) is 0 Å². The number of cyclic esters (lactones) is 1. The van der Waals surface area contributed by atoms with Crippen molar-refractivity contribution in [2.45, 2.75) is 63.1 Å². The lowest BCUT2D eigenvalue weighted by Crippen LogP contribution is -2.46. The first-order valence-electron chi connectivity index (χ1n) is 13.9. The molecule has 2 atom stereocenters. The first kappa shape index (κ1) is 36.3. The molecule has 0 unspecified atom stereocenters. The number of alkyl halides is 9. The second-order valence-electron chi connectivity index (χ2n) is 11.4. The Bertz CT molecular complexity index is 1650. The van der Waals surface area contributed by atoms with Gasteiger partial charge in [-0.1, -0.05) is 13.8 Å². The minimum Gasteiger partial charge on any atom is -0.496 e. The van der Waals surface area contributed by atoms with Crippen LogP contribution in [0.15, 0.2) is 35.9 Å². The summed E-state index contributed by atoms with van der Waals surface area (Å²) in [5.41, 5.74) is -9.13. The fraction of sp³-hybridized carbons (Fsp3) is 0.483. The zero-order valence-corrected chi connectivity index (χ0v) is 25.9. The van der Waals surface area contributed by atoms with Crippen molar-refractivity contribution in [2.75, 3.05) is 26.7 Å². The molecule has 2 aliphatic heterocycles. The van der Waals surface area contributed by atoms with E-state index in [0.29, 0.717) is 12.1 Å². The second-order valence-corrected chi connectivity index (χ2v) is 13.3. The van der Waals surface area contributed by atoms with Crippen molar-refractivity contribution in [1.82, 2.24) is 9.21 Å². The minimum atomic E-state index is -5.87. The molecule has 4 rings (SSSR count). The number of halogens is 10. The van der Waals surface area contributed by atoms with Crippen LogP contribution in [0.2, 0.25) is 0 Å². The molecule has 0 spiro atoms. The van der Waals surface area contributed by atoms with Crippen LogP contribution in [0.4, 0.5) is 48.7 Å². The molecule has 2 aromatic rings. The highest BCUT2D eigenvalue weighted by atomic mass is 32.2. The molecule has 2 heterocycles. The minimum absolute atomic E-state index is 0.0508. The summed E-state index contributed by atoms with van der Waals surface area (Å²) in [6, 6.07) is 1.84. The third kappa shape index (κ3) is 7.17. The number of sulfonamides is 1. The van der Waals surface area contributed by atoms with E-state index in [4.69, 9.17) is 9.47 Å². The van der Waals surface area contributed by atoms with Gasteiger partial charge in [0.25, 0.3) is 0 Å². The lowest BCUT2D eigenvalue weighted by Gasteiger charge is -2.33. The molecule has 260 valence electrons. The van der Waals surface area contributed by atoms with Crippen molar-refractivity contribution in [3.05, 3.63) is 69.5 Å². The Balaban J connectivity index is 1.82. The molecule has 7 nitrogen and oxygen atoms in total. The molecular formula is C29H28F10N2O5S. The zero-order valence-electron chi connectivity index (χ0n) is 25.1. The van der Waals surface area contributed by atoms with Crippen LogP contribution in [-0.4, -0.2) is 62.0 Å². The van der Waals surface area contributed by atoms with Gasteiger partial charge in [0.05, 0.1) is 24.3 Å². The quantitative estimate of drug-likeness (QED) is 0.274. The van der Waals surface area contributed by atoms with E-state index in [-0.39, 0.29) is 50.7 Å². The zero-order chi connectivity index (χ0) is 35.4. The first-order chi connectivity index (χ1) is 21.5. The molecule has 2 aromatic carbocycles. The Morgan fingerprint density at radius 1 is 0.957 bits per heavy atom. The van der Waals surface area contributed by atoms with E-state index in [9.17, 15) is 57.1 Å². The lowest BCUT2D eigenvalue weighted by molar-refractivity contribution is -0.143. The molecule has 1 saturated heterocycles. The summed E-state index contributed by atoms with van der Waals surface area (Å²) in [5.74, 6) is -1.08. The van der Waals surface area contributed by atoms with Crippen LogP contribution in [0, 0.1) is 5.82 Å². The van der Waals surface area contributed by atoms with E-state index in [2.05, 4.69) is 0 Å². The predicted molar refractivity (Wildman–Crippen MR) is 147 cm³/mol. The van der Waals surface area contributed by atoms with Gasteiger partial charge >= 0.3 is 34.0 Å². The van der Waals surface area contributed by atoms with Gasteiger partial charge in [-0.2, -0.15) is 43.8 Å². The summed E-state index contributed by atoms with van der Waals surface area (Å²) in [6.07, 6.45) is -13.7. The standard InChI is InChI=1S/C29H28F10N2O5S/c1-14(2)21-10-22(24(45-4)11-23(21)30)20-5-6-40(47(43,44)29(37,38)39)12-17(20)13-41-15(3)25(46-26(41)42)16-7-18(27(31,32)33)9-19(8-16)28(34,35)36/h7-11,14-15,25H,5-6,12-13H2,1-4H3/t15-,25-/m0/s1. The van der Waals surface area contributed by atoms with Gasteiger partial charge in [-0.3, -0.25) is 4.90 Å². The smallest absolute Gasteiger partial charge is 0.496 e. The van der Waals surface area contributed by atoms with Crippen molar-refractivity contribution in [3.63, 3.8) is 0 Å². The molecular weight excluding hydrogens is 678 g/mol. The highest BCUT2D eigenvalue weighted by Crippen LogP contribution is 2.43. The molecule has 0 aromatic heterocycles. The number of rotatable bonds is 7. The number of carbonyl (C=O) groups excluding carboxylic acids is 1. The second kappa shape index (κ2) is 12.5. The van der Waals surface area contributed by atoms with Gasteiger partial charge in [0, 0.05) is 31.3 Å². The van der Waals surface area contributed by atoms with Crippen molar-refractivity contribution in [2.24, 2.45) is 0 Å². The van der Waals surface area contributed by atoms with E-state index >= 15 is 0 Å². The van der Waals surface area contributed by atoms with Crippen LogP contribution in [0.25, 0.3) is 5.57 Å². The van der Waals surface area contributed by atoms with Gasteiger partial charge in [0.1, 0.15) is 17.7 Å². The normalized spacial score (nSPS) is 20.3. The third-order valence-corrected chi connectivity index (χ3v) is 9.57. The van der Waals surface area contributed by atoms with E-state index in [1.165, 1.54) is 20.1 Å². The Morgan fingerprint density at radius 3 is 2.02 bits per heavy atom. The average molecular weight is 707 g/mol. The van der Waals surface area contributed by atoms with Crippen molar-refractivity contribution >= 4 is 21.7 Å². The van der Waals surface area contributed by atoms with Gasteiger partial charge < -0.3 is 9.47 Å². The van der Waals surface area contributed by atoms with Gasteiger partial charge in [0.2, 0.25) is 0 Å². The fourth-order valence-corrected chi connectivity index (χ4v) is 6.50. The molecule has 47 heavy (non-hydrogen) atoms. The number of benzene rings is 2. The number of carbonyl (C=O) groups is 1. The molecule has 0 saturated carbocycles. The molecule has 18 heteroatoms. The predicted octanol–water partition coefficient (Wildman–Crippen LogP) is 7.89. The number of ether oxygens (including phenoxy) is 2. The van der Waals surface area contributed by atoms with Crippen LogP contribution >= 0.6 is 0 Å². The summed E-state index contributed by atoms with van der Waals surface area (Å²) in [6.45, 7) is 2.37. The van der Waals surface area contributed by atoms with Gasteiger partial charge in [-0.05, 0) is 65.8 Å². The van der Waals surface area contributed by atoms with Crippen LogP contribution < -0.4 is 4.74 Å². The average Bonchev–Trinajstić information content (AvgIpc) is 3.23. The van der Waals surface area contributed by atoms with E-state index < -0.39 is 88.3 Å². The largest absolute Gasteiger partial charge is 0.511 e. The Kier molecular flexibility index (Phi) is 9.64. The molecule has 1 fully saturated rings. The van der Waals surface area contributed by atoms with E-state index in [1.54, 1.807) is 13.8 Å². The molecule has 0 aliphatic carbocycles. The number of hydrogen-bond donors (Lipinski definition) is 0. The SMILES string of the molecule is COc1cc(F)c(C(C)C)cc1C1=C(CN2C(=O)O[C@H](c3cc(C(F)(F)F)cc(C(F)(F)F)c3)[C@@H]2C)CN(S(=O)(=O)C(F)(F)F)CC1. The van der Waals surface area contributed by atoms with Crippen LogP contribution in [0.3, 0.4) is 0 Å². The monoisotopic (exact) mass is 706 g/mol. The number of methoxy groups -OCH3 is 1. The maximum absolute atomic E-state index is 14.8. The maximum atomic E-state index is 14.8. The van der Waals surface area contributed by atoms with Gasteiger partial charge in [-0.25, -0.2) is 17.6 Å². The fourth-order valence-electron chi connectivity index (χ4n) is 5.55. The summed E-state index contributed by atoms with van der Waals surface area (Å²) in [4.78, 5) is 13.9. The highest BCUT2D eigenvalue weighted by Gasteiger charge is 2.51. The molecule has 2 aliphatic rings. The van der Waals surface area contributed by atoms with E-state index in [1.807, 2.05) is 0 Å². The third-order valence-electron chi connectivity index (χ3n) is 8.00. The van der Waals surface area contributed by atoms with Crippen molar-refractivity contribution < 1.29 is 66.6 Å². The number of hydrogen-bond acceptors (Lipinski definition) is 5. The first-order valence-corrected chi connectivity index (χ1v) is 15.3. The summed E-state index contributed by atoms with van der Waals surface area (Å²) in [7, 11) is -4.67. The summed E-state index contributed by atoms with van der Waals surface area (Å²) >= 11 is 0. The van der Waals surface area contributed by atoms with Crippen LogP contribution in [-0.2, 0) is 27.1 Å². The van der Waals surface area contributed by atoms with Crippen LogP contribution in [0.1, 0.15) is 67.0 Å². The lowest BCUT2D eigenvalue weighted by atomic mass is 9.89. The Labute approximate surface area is 262 Å². The molecule has 0 bridgehead atoms.